The molecule has 36 heteroatoms. The Labute approximate surface area is 899 Å². The van der Waals surface area contributed by atoms with Crippen molar-refractivity contribution < 1.29 is 56.7 Å². The van der Waals surface area contributed by atoms with E-state index in [9.17, 15) is 18.8 Å². The molecular weight excluding hydrogens is 2030 g/mol. The van der Waals surface area contributed by atoms with Gasteiger partial charge in [0.2, 0.25) is 6.08 Å². The summed E-state index contributed by atoms with van der Waals surface area (Å²) in [6.07, 6.45) is 58.8. The molecule has 0 radical (unpaired) electrons. The van der Waals surface area contributed by atoms with Crippen LogP contribution in [0.5, 0.6) is 0 Å². The fourth-order valence-corrected chi connectivity index (χ4v) is 24.7. The van der Waals surface area contributed by atoms with Crippen molar-refractivity contribution in [2.75, 3.05) is 85.2 Å². The largest absolute Gasteiger partial charge is 0.444 e. The first-order chi connectivity index (χ1) is 72.0. The van der Waals surface area contributed by atoms with Crippen molar-refractivity contribution in [2.24, 2.45) is 39.9 Å². The van der Waals surface area contributed by atoms with Gasteiger partial charge in [-0.15, -0.1) is 0 Å². The average Bonchev–Trinajstić information content (AvgIpc) is 1.45. The van der Waals surface area contributed by atoms with Gasteiger partial charge >= 0.3 is 18.2 Å². The Morgan fingerprint density at radius 1 is 0.380 bits per heavy atom. The molecule has 10 aliphatic heterocycles. The minimum absolute atomic E-state index is 0. The number of nitrogens with zero attached hydrogens (tertiary/aromatic N) is 15. The van der Waals surface area contributed by atoms with Crippen LogP contribution in [-0.2, 0) is 57.2 Å². The summed E-state index contributed by atoms with van der Waals surface area (Å²) in [7, 11) is 0. The minimum Gasteiger partial charge on any atom is -0.444 e. The van der Waals surface area contributed by atoms with Crippen molar-refractivity contribution in [3.8, 4) is 0 Å². The molecule has 4 amide bonds. The number of carbonyl (C=O) groups is 3. The van der Waals surface area contributed by atoms with E-state index in [4.69, 9.17) is 55.2 Å². The highest BCUT2D eigenvalue weighted by molar-refractivity contribution is 9.11. The van der Waals surface area contributed by atoms with Crippen LogP contribution < -0.4 is 58.1 Å². The van der Waals surface area contributed by atoms with Gasteiger partial charge in [0, 0.05) is 189 Å². The van der Waals surface area contributed by atoms with Gasteiger partial charge in [-0.2, -0.15) is 4.99 Å². The van der Waals surface area contributed by atoms with Crippen LogP contribution in [0.4, 0.5) is 41.5 Å². The second-order valence-electron chi connectivity index (χ2n) is 44.8. The third kappa shape index (κ3) is 32.2. The van der Waals surface area contributed by atoms with E-state index < -0.39 is 11.2 Å². The lowest BCUT2D eigenvalue weighted by Crippen LogP contribution is -2.43. The topological polar surface area (TPSA) is 413 Å². The fourth-order valence-electron chi connectivity index (χ4n) is 23.7. The molecule has 4 aliphatic carbocycles. The normalized spacial score (nSPS) is 26.8. The Bertz CT molecular complexity index is 6080. The Kier molecular flexibility index (Phi) is 40.1. The minimum atomic E-state index is -0.464. The standard InChI is InChI=1S/C26H36N4O3.C24H33N5O2.C21H28N4O.C14H14BrN3O.C11H22N2O2.C8H4BrFN2.C7H12O.C2H4N2O.CH4/c1-26(2,3)33-25(31)29-19-6-4-17(5-7-19)12-18-13-20(14-23-24(18)28-11-10-27-23)30-15-21-8-9-22(16-30)32-21;1-2-25-24(30)28-18-5-3-16(4-6-18)11-17-12-19(13-22-23(17)27-10-9-26-22)29-14-20-7-8-21(15-29)31-20;22-16-3-1-14(2-4-16)9-15-10-17(11-20-21(15)24-8-7-23-20)25-12-18-5-6-19(13-25)26-18;15-12-5-9(6-13-14(12)17-4-3-16-13)18-7-10-1-2-11(8-18)19-10;1-11(2,3)15-10(14)13-9-6-4-8(12)5-7-9;9-6-3-5(10)4-7-8(6)12-2-1-11-7;1-2-6-4-5-7(3-1)8-6;3-1-4-2-5;/h10-11,13-14,17,19,21-22H,4-9,12,15-16H2,1-3H3,(H,29,31);9-10,12-13,16,18,20-21H,2-8,11,14-15H2,1H3,(H2,25,28,30);7-8,10-11,14,16,18-19H,1-6,9,12-13,22H2;3-6,10-11H,1-2,7-8H2;8-9H,4-7,12H2,1-3H3,(H,13,14);1-4H;6-7H,1-5H2;1,3H2;1H4/t17?,19?,21-,22+;16?,18?,20-,21+;14?,16?,18-,19+;10-,11+;;;6-,7+;;. The molecule has 15 heterocycles. The molecule has 0 spiro atoms. The van der Waals surface area contributed by atoms with E-state index in [1.165, 1.54) is 160 Å². The van der Waals surface area contributed by atoms with Gasteiger partial charge in [0.05, 0.1) is 112 Å². The van der Waals surface area contributed by atoms with Crippen LogP contribution in [0, 0.1) is 23.6 Å². The maximum absolute atomic E-state index is 12.8. The number of nitrogens with two attached hydrogens (primary N) is 3. The molecule has 14 fully saturated rings. The van der Waals surface area contributed by atoms with Gasteiger partial charge in [-0.3, -0.25) is 49.8 Å². The van der Waals surface area contributed by atoms with Crippen LogP contribution in [-0.4, -0.2) is 242 Å². The summed E-state index contributed by atoms with van der Waals surface area (Å²) in [4.78, 5) is 102. The van der Waals surface area contributed by atoms with Gasteiger partial charge in [-0.1, -0.05) is 7.43 Å². The van der Waals surface area contributed by atoms with Crippen molar-refractivity contribution in [3.63, 3.8) is 0 Å². The molecule has 0 unspecified atom stereocenters. The highest BCUT2D eigenvalue weighted by Gasteiger charge is 2.41. The Hall–Kier alpha value is -10.2. The highest BCUT2D eigenvalue weighted by atomic mass is 79.9. The number of alkyl carbamates (subject to hydrolysis) is 2. The van der Waals surface area contributed by atoms with Gasteiger partial charge in [0.15, 0.2) is 0 Å². The van der Waals surface area contributed by atoms with Crippen LogP contribution >= 0.6 is 31.9 Å². The molecule has 10 bridgehead atoms. The molecule has 5 aromatic heterocycles. The molecule has 810 valence electrons. The van der Waals surface area contributed by atoms with Crippen molar-refractivity contribution in [3.05, 3.63) is 154 Å². The number of hydrogen-bond acceptors (Lipinski definition) is 29. The monoisotopic (exact) mass is 2190 g/mol. The number of ether oxygens (including phenoxy) is 7. The summed E-state index contributed by atoms with van der Waals surface area (Å²) >= 11 is 6.80. The quantitative estimate of drug-likeness (QED) is 0.0370. The van der Waals surface area contributed by atoms with Crippen molar-refractivity contribution in [1.29, 1.82) is 0 Å². The van der Waals surface area contributed by atoms with E-state index >= 15 is 0 Å². The molecule has 14 aliphatic rings. The number of isocyanates is 1. The average molecular weight is 2190 g/mol. The summed E-state index contributed by atoms with van der Waals surface area (Å²) in [5.41, 5.74) is 33.9. The van der Waals surface area contributed by atoms with Crippen molar-refractivity contribution >= 4 is 134 Å². The molecule has 4 saturated carbocycles. The van der Waals surface area contributed by atoms with E-state index in [1.807, 2.05) is 54.7 Å². The number of urea groups is 1. The van der Waals surface area contributed by atoms with Crippen LogP contribution in [0.15, 0.2) is 137 Å². The Balaban J connectivity index is 0.000000128. The number of aromatic nitrogens is 10. The zero-order valence-electron chi connectivity index (χ0n) is 87.7. The highest BCUT2D eigenvalue weighted by Crippen LogP contribution is 2.42. The number of rotatable bonds is 15. The molecule has 10 aromatic rings. The number of halogens is 3. The van der Waals surface area contributed by atoms with Gasteiger partial charge in [-0.05, 0) is 375 Å². The maximum atomic E-state index is 12.8. The Morgan fingerprint density at radius 3 is 0.967 bits per heavy atom. The Morgan fingerprint density at radius 2 is 0.653 bits per heavy atom. The summed E-state index contributed by atoms with van der Waals surface area (Å²) in [6, 6.07) is 22.0. The lowest BCUT2D eigenvalue weighted by molar-refractivity contribution is 0.00572. The van der Waals surface area contributed by atoms with E-state index in [0.717, 1.165) is 216 Å². The van der Waals surface area contributed by atoms with Crippen LogP contribution in [0.1, 0.15) is 259 Å². The second-order valence-corrected chi connectivity index (χ2v) is 46.5. The van der Waals surface area contributed by atoms with E-state index in [-0.39, 0.29) is 56.3 Å². The van der Waals surface area contributed by atoms with E-state index in [0.29, 0.717) is 107 Å². The summed E-state index contributed by atoms with van der Waals surface area (Å²) in [5.74, 6) is 1.61. The van der Waals surface area contributed by atoms with E-state index in [1.54, 1.807) is 49.6 Å². The van der Waals surface area contributed by atoms with Gasteiger partial charge in [0.25, 0.3) is 0 Å². The predicted octanol–water partition coefficient (Wildman–Crippen LogP) is 19.8. The predicted molar refractivity (Wildman–Crippen MR) is 593 cm³/mol. The van der Waals surface area contributed by atoms with Gasteiger partial charge < -0.3 is 91.2 Å². The SMILES string of the molecule is Brc1cc(N2C[C@H]3CC[C@@H](C2)O3)cc2nccnc12.C.C1C[C@@H]2CC[C@H](C1)O2.CC(C)(C)OC(=O)NC1CCC(Cc2cc(N3C[C@H]4CC[C@@H](C3)O4)cc3nccnc23)CC1.CC(C)(C)OC(=O)NC1CCC(N)CC1.CCNC(=O)NC1CCC(Cc2cc(N3C[C@H]4CC[C@@H](C3)O4)cc3nccnc23)CC1.Fc1cc(Br)c2nccnc2c1.NC1CCC(Cc2cc(N3C[C@H]4CC[C@@H](C3)O4)cc3nccnc23)CC1.NCN=C=O. The van der Waals surface area contributed by atoms with Crippen LogP contribution in [0.3, 0.4) is 0 Å². The first-order valence-corrected chi connectivity index (χ1v) is 56.3. The lowest BCUT2D eigenvalue weighted by atomic mass is 9.82. The van der Waals surface area contributed by atoms with Crippen LogP contribution in [0.2, 0.25) is 0 Å². The fraction of sp³-hybridized carbons (Fsp3) is 0.614. The molecular formula is C114H157Br2FN22O11. The number of anilines is 4. The zero-order valence-corrected chi connectivity index (χ0v) is 90.9. The summed E-state index contributed by atoms with van der Waals surface area (Å²) < 4.78 is 54.6. The lowest BCUT2D eigenvalue weighted by Gasteiger charge is -2.34. The molecule has 150 heavy (non-hydrogen) atoms. The molecule has 10 N–H and O–H groups in total. The summed E-state index contributed by atoms with van der Waals surface area (Å²) in [6.45, 7) is 21.8. The number of benzene rings is 5. The molecule has 24 rings (SSSR count). The zero-order chi connectivity index (χ0) is 104. The first kappa shape index (κ1) is 112. The number of amides is 4. The third-order valence-electron chi connectivity index (χ3n) is 31.0. The first-order valence-electron chi connectivity index (χ1n) is 54.8. The third-order valence-corrected chi connectivity index (χ3v) is 32.2. The number of aliphatic imine (C=N–C) groups is 1. The molecule has 33 nitrogen and oxygen atoms in total. The van der Waals surface area contributed by atoms with Gasteiger partial charge in [-0.25, -0.2) is 23.6 Å². The molecule has 5 aromatic carbocycles. The van der Waals surface area contributed by atoms with Crippen LogP contribution in [0.25, 0.3) is 55.2 Å². The number of carbonyl (C=O) groups excluding carboxylic acids is 4. The smallest absolute Gasteiger partial charge is 0.407 e. The number of nitrogens with one attached hydrogen (secondary N) is 4. The number of hydrogen-bond donors (Lipinski definition) is 7. The molecule has 10 atom stereocenters. The number of fused-ring (bicyclic) bond motifs is 15. The molecule has 10 saturated heterocycles. The van der Waals surface area contributed by atoms with E-state index in [2.05, 4.69) is 176 Å². The van der Waals surface area contributed by atoms with Gasteiger partial charge in [0.1, 0.15) is 28.1 Å². The van der Waals surface area contributed by atoms with Crippen molar-refractivity contribution in [2.45, 2.75) is 364 Å². The number of morpholine rings is 4. The second kappa shape index (κ2) is 53.5. The van der Waals surface area contributed by atoms with Crippen molar-refractivity contribution in [1.82, 2.24) is 71.1 Å². The summed E-state index contributed by atoms with van der Waals surface area (Å²) in [5, 5.41) is 11.9. The maximum Gasteiger partial charge on any atom is 0.407 e.